The van der Waals surface area contributed by atoms with Gasteiger partial charge in [-0.1, -0.05) is 24.3 Å². The molecule has 1 heterocycles. The zero-order chi connectivity index (χ0) is 25.9. The normalized spacial score (nSPS) is 18.9. The first-order valence-corrected chi connectivity index (χ1v) is 11.5. The average molecular weight is 494 g/mol. The van der Waals surface area contributed by atoms with Crippen LogP contribution in [0.25, 0.3) is 0 Å². The number of aryl methyl sites for hydroxylation is 1. The number of amides is 1. The van der Waals surface area contributed by atoms with Crippen molar-refractivity contribution in [2.45, 2.75) is 44.8 Å². The van der Waals surface area contributed by atoms with Crippen molar-refractivity contribution in [3.8, 4) is 5.75 Å². The molecule has 0 N–H and O–H groups in total. The molecule has 6 nitrogen and oxygen atoms in total. The fraction of sp³-hybridized carbons (Fsp3) is 0.250. The molecule has 2 atom stereocenters. The van der Waals surface area contributed by atoms with Crippen molar-refractivity contribution >= 4 is 23.5 Å². The molecule has 1 aliphatic rings. The Bertz CT molecular complexity index is 1260. The number of ether oxygens (including phenoxy) is 2. The minimum Gasteiger partial charge on any atom is -0.446 e. The Balaban J connectivity index is 1.68. The van der Waals surface area contributed by atoms with Crippen LogP contribution in [0.2, 0.25) is 0 Å². The molecule has 0 bridgehead atoms. The van der Waals surface area contributed by atoms with Crippen molar-refractivity contribution in [2.75, 3.05) is 4.90 Å². The number of carbonyl (C=O) groups is 3. The highest BCUT2D eigenvalue weighted by atomic mass is 19.1. The number of β-lactam (4-membered cyclic amide) rings is 1. The number of hydrogen-bond acceptors (Lipinski definition) is 5. The maximum Gasteiger partial charge on any atom is 0.308 e. The quantitative estimate of drug-likeness (QED) is 0.242. The number of rotatable bonds is 8. The molecule has 0 unspecified atom stereocenters. The van der Waals surface area contributed by atoms with E-state index < -0.39 is 35.3 Å². The number of anilines is 1. The third-order valence-electron chi connectivity index (χ3n) is 6.10. The molecule has 1 saturated heterocycles. The predicted molar refractivity (Wildman–Crippen MR) is 128 cm³/mol. The Morgan fingerprint density at radius 2 is 1.44 bits per heavy atom. The van der Waals surface area contributed by atoms with Gasteiger partial charge in [0.15, 0.2) is 0 Å². The number of benzene rings is 3. The van der Waals surface area contributed by atoms with Gasteiger partial charge in [-0.05, 0) is 78.9 Å². The summed E-state index contributed by atoms with van der Waals surface area (Å²) in [5.41, 5.74) is 0.511. The van der Waals surface area contributed by atoms with Crippen LogP contribution in [-0.2, 0) is 25.5 Å². The van der Waals surface area contributed by atoms with E-state index in [4.69, 9.17) is 9.47 Å². The molecule has 186 valence electrons. The van der Waals surface area contributed by atoms with E-state index in [0.29, 0.717) is 29.8 Å². The molecule has 8 heteroatoms. The highest BCUT2D eigenvalue weighted by Crippen LogP contribution is 2.51. The lowest BCUT2D eigenvalue weighted by atomic mass is 9.73. The number of nitrogens with zero attached hydrogens (tertiary/aromatic N) is 1. The molecule has 0 aromatic heterocycles. The lowest BCUT2D eigenvalue weighted by Crippen LogP contribution is -2.70. The lowest BCUT2D eigenvalue weighted by Gasteiger charge is -2.55. The van der Waals surface area contributed by atoms with Crippen LogP contribution in [0.4, 0.5) is 14.5 Å². The summed E-state index contributed by atoms with van der Waals surface area (Å²) in [7, 11) is 0. The van der Waals surface area contributed by atoms with E-state index in [9.17, 15) is 23.2 Å². The van der Waals surface area contributed by atoms with Gasteiger partial charge >= 0.3 is 11.9 Å². The molecule has 3 aromatic carbocycles. The van der Waals surface area contributed by atoms with Crippen molar-refractivity contribution in [2.24, 2.45) is 0 Å². The third kappa shape index (κ3) is 5.12. The van der Waals surface area contributed by atoms with Crippen LogP contribution in [0.3, 0.4) is 0 Å². The Kier molecular flexibility index (Phi) is 7.15. The van der Waals surface area contributed by atoms with Crippen LogP contribution < -0.4 is 9.64 Å². The van der Waals surface area contributed by atoms with Gasteiger partial charge in [-0.2, -0.15) is 0 Å². The summed E-state index contributed by atoms with van der Waals surface area (Å²) in [6.07, 6.45) is 1.26. The molecule has 0 aliphatic carbocycles. The van der Waals surface area contributed by atoms with Gasteiger partial charge in [0.2, 0.25) is 5.60 Å². The van der Waals surface area contributed by atoms with E-state index in [1.54, 1.807) is 36.4 Å². The smallest absolute Gasteiger partial charge is 0.308 e. The molecule has 36 heavy (non-hydrogen) atoms. The maximum absolute atomic E-state index is 13.6. The van der Waals surface area contributed by atoms with Gasteiger partial charge in [-0.3, -0.25) is 19.3 Å². The molecule has 0 spiro atoms. The Morgan fingerprint density at radius 3 is 2.00 bits per heavy atom. The van der Waals surface area contributed by atoms with Crippen molar-refractivity contribution in [1.82, 2.24) is 0 Å². The standard InChI is InChI=1S/C28H25F2NO5/c1-18(32)35-25-15-7-21(8-16-25)26-28(36-19(2)33,17-3-4-20-5-9-22(29)10-6-20)27(34)31(26)24-13-11-23(30)12-14-24/h5-16,26H,3-4,17H2,1-2H3/t26-,28+/m0/s1. The minimum absolute atomic E-state index is 0.219. The fourth-order valence-corrected chi connectivity index (χ4v) is 4.61. The summed E-state index contributed by atoms with van der Waals surface area (Å²) >= 11 is 0. The summed E-state index contributed by atoms with van der Waals surface area (Å²) in [6, 6.07) is 17.5. The first kappa shape index (κ1) is 25.0. The molecular weight excluding hydrogens is 468 g/mol. The second-order valence-electron chi connectivity index (χ2n) is 8.68. The predicted octanol–water partition coefficient (Wildman–Crippen LogP) is 5.30. The van der Waals surface area contributed by atoms with Gasteiger partial charge in [-0.15, -0.1) is 0 Å². The molecule has 4 rings (SSSR count). The second-order valence-corrected chi connectivity index (χ2v) is 8.68. The summed E-state index contributed by atoms with van der Waals surface area (Å²) in [4.78, 5) is 38.6. The summed E-state index contributed by atoms with van der Waals surface area (Å²) < 4.78 is 37.7. The number of esters is 2. The summed E-state index contributed by atoms with van der Waals surface area (Å²) in [5, 5.41) is 0. The van der Waals surface area contributed by atoms with Crippen LogP contribution in [-0.4, -0.2) is 23.4 Å². The van der Waals surface area contributed by atoms with Crippen LogP contribution in [0, 0.1) is 11.6 Å². The number of hydrogen-bond donors (Lipinski definition) is 0. The Morgan fingerprint density at radius 1 is 0.861 bits per heavy atom. The second kappa shape index (κ2) is 10.3. The average Bonchev–Trinajstić information content (AvgIpc) is 2.84. The van der Waals surface area contributed by atoms with E-state index >= 15 is 0 Å². The third-order valence-corrected chi connectivity index (χ3v) is 6.10. The van der Waals surface area contributed by atoms with Crippen molar-refractivity contribution in [1.29, 1.82) is 0 Å². The minimum atomic E-state index is -1.48. The SMILES string of the molecule is CC(=O)Oc1ccc([C@@H]2N(c3ccc(F)cc3)C(=O)[C@]2(CCCc2ccc(F)cc2)OC(C)=O)cc1. The molecule has 1 fully saturated rings. The van der Waals surface area contributed by atoms with Crippen LogP contribution in [0.5, 0.6) is 5.75 Å². The molecule has 0 saturated carbocycles. The van der Waals surface area contributed by atoms with Crippen LogP contribution in [0.1, 0.15) is 43.9 Å². The zero-order valence-electron chi connectivity index (χ0n) is 19.9. The van der Waals surface area contributed by atoms with Gasteiger partial charge in [0.05, 0.1) is 0 Å². The molecular formula is C28H25F2NO5. The molecule has 1 aliphatic heterocycles. The van der Waals surface area contributed by atoms with Gasteiger partial charge in [0.1, 0.15) is 23.4 Å². The molecule has 3 aromatic rings. The zero-order valence-corrected chi connectivity index (χ0v) is 19.9. The first-order valence-electron chi connectivity index (χ1n) is 11.5. The van der Waals surface area contributed by atoms with E-state index in [1.807, 2.05) is 0 Å². The topological polar surface area (TPSA) is 72.9 Å². The number of carbonyl (C=O) groups excluding carboxylic acids is 3. The highest BCUT2D eigenvalue weighted by molar-refractivity contribution is 6.09. The summed E-state index contributed by atoms with van der Waals surface area (Å²) in [5.74, 6) is -1.94. The van der Waals surface area contributed by atoms with Crippen molar-refractivity contribution in [3.05, 3.63) is 95.6 Å². The van der Waals surface area contributed by atoms with Gasteiger partial charge < -0.3 is 9.47 Å². The van der Waals surface area contributed by atoms with Gasteiger partial charge in [0, 0.05) is 19.5 Å². The molecule has 0 radical (unpaired) electrons. The largest absolute Gasteiger partial charge is 0.446 e. The van der Waals surface area contributed by atoms with Crippen molar-refractivity contribution < 1.29 is 32.6 Å². The van der Waals surface area contributed by atoms with E-state index in [2.05, 4.69) is 0 Å². The Hall–Kier alpha value is -4.07. The van der Waals surface area contributed by atoms with Crippen LogP contribution in [0.15, 0.2) is 72.8 Å². The number of halogens is 2. The van der Waals surface area contributed by atoms with E-state index in [-0.39, 0.29) is 12.2 Å². The Labute approximate surface area is 207 Å². The van der Waals surface area contributed by atoms with Gasteiger partial charge in [0.25, 0.3) is 5.91 Å². The van der Waals surface area contributed by atoms with E-state index in [1.165, 1.54) is 55.1 Å². The van der Waals surface area contributed by atoms with E-state index in [0.717, 1.165) is 5.56 Å². The monoisotopic (exact) mass is 493 g/mol. The molecule has 1 amide bonds. The van der Waals surface area contributed by atoms with Crippen molar-refractivity contribution in [3.63, 3.8) is 0 Å². The lowest BCUT2D eigenvalue weighted by molar-refractivity contribution is -0.180. The first-order chi connectivity index (χ1) is 17.2. The highest BCUT2D eigenvalue weighted by Gasteiger charge is 2.64. The van der Waals surface area contributed by atoms with Gasteiger partial charge in [-0.25, -0.2) is 8.78 Å². The maximum atomic E-state index is 13.6. The summed E-state index contributed by atoms with van der Waals surface area (Å²) in [6.45, 7) is 2.54. The van der Waals surface area contributed by atoms with Crippen LogP contribution >= 0.6 is 0 Å². The fourth-order valence-electron chi connectivity index (χ4n) is 4.61.